The maximum absolute atomic E-state index is 5.25. The Morgan fingerprint density at radius 1 is 0.900 bits per heavy atom. The van der Waals surface area contributed by atoms with E-state index in [9.17, 15) is 0 Å². The summed E-state index contributed by atoms with van der Waals surface area (Å²) in [7, 11) is 1.70. The number of ether oxygens (including phenoxy) is 1. The molecule has 0 unspecified atom stereocenters. The molecule has 0 radical (unpaired) electrons. The number of rotatable bonds is 5. The lowest BCUT2D eigenvalue weighted by Crippen LogP contribution is -2.32. The molecule has 2 aromatic heterocycles. The molecular weight excluding hydrogens is 372 g/mol. The Bertz CT molecular complexity index is 1110. The molecule has 30 heavy (non-hydrogen) atoms. The third-order valence-corrected chi connectivity index (χ3v) is 5.97. The lowest BCUT2D eigenvalue weighted by molar-refractivity contribution is 0.201. The van der Waals surface area contributed by atoms with Crippen LogP contribution in [0.25, 0.3) is 16.8 Å². The molecule has 0 aliphatic carbocycles. The molecule has 0 amide bonds. The Morgan fingerprint density at radius 2 is 1.67 bits per heavy atom. The fourth-order valence-corrected chi connectivity index (χ4v) is 4.21. The van der Waals surface area contributed by atoms with Gasteiger partial charge in [0.2, 0.25) is 0 Å². The number of methoxy groups -OCH3 is 1. The summed E-state index contributed by atoms with van der Waals surface area (Å²) in [4.78, 5) is 7.33. The number of hydrogen-bond donors (Lipinski definition) is 0. The first-order valence-electron chi connectivity index (χ1n) is 10.6. The summed E-state index contributed by atoms with van der Waals surface area (Å²) in [6.45, 7) is 3.12. The molecule has 152 valence electrons. The molecule has 0 N–H and O–H groups in total. The minimum absolute atomic E-state index is 0.428. The minimum Gasteiger partial charge on any atom is -0.497 e. The van der Waals surface area contributed by atoms with Gasteiger partial charge in [-0.05, 0) is 61.3 Å². The average molecular weight is 399 g/mol. The second-order valence-corrected chi connectivity index (χ2v) is 7.96. The quantitative estimate of drug-likeness (QED) is 0.485. The van der Waals surface area contributed by atoms with Gasteiger partial charge in [-0.2, -0.15) is 5.10 Å². The van der Waals surface area contributed by atoms with Gasteiger partial charge in [0.15, 0.2) is 11.5 Å². The van der Waals surface area contributed by atoms with Crippen molar-refractivity contribution < 1.29 is 4.74 Å². The van der Waals surface area contributed by atoms with E-state index in [0.717, 1.165) is 55.3 Å². The van der Waals surface area contributed by atoms with Gasteiger partial charge in [-0.15, -0.1) is 0 Å². The van der Waals surface area contributed by atoms with Crippen LogP contribution >= 0.6 is 0 Å². The Labute approximate surface area is 176 Å². The van der Waals surface area contributed by atoms with Gasteiger partial charge in [0.05, 0.1) is 7.11 Å². The van der Waals surface area contributed by atoms with Gasteiger partial charge in [-0.3, -0.25) is 4.90 Å². The van der Waals surface area contributed by atoms with E-state index < -0.39 is 0 Å². The number of benzene rings is 2. The molecule has 4 aromatic rings. The smallest absolute Gasteiger partial charge is 0.155 e. The van der Waals surface area contributed by atoms with E-state index in [2.05, 4.69) is 59.6 Å². The van der Waals surface area contributed by atoms with E-state index in [0.29, 0.717) is 5.92 Å². The van der Waals surface area contributed by atoms with Crippen molar-refractivity contribution in [1.82, 2.24) is 19.5 Å². The normalized spacial score (nSPS) is 15.5. The molecule has 0 bridgehead atoms. The lowest BCUT2D eigenvalue weighted by atomic mass is 9.96. The molecule has 0 spiro atoms. The van der Waals surface area contributed by atoms with E-state index in [1.54, 1.807) is 7.11 Å². The average Bonchev–Trinajstić information content (AvgIpc) is 3.24. The Hall–Kier alpha value is -3.18. The summed E-state index contributed by atoms with van der Waals surface area (Å²) in [6, 6.07) is 23.0. The molecule has 5 nitrogen and oxygen atoms in total. The van der Waals surface area contributed by atoms with Crippen molar-refractivity contribution in [2.75, 3.05) is 20.2 Å². The molecule has 2 aromatic carbocycles. The maximum atomic E-state index is 5.25. The number of hydrogen-bond acceptors (Lipinski definition) is 4. The van der Waals surface area contributed by atoms with Crippen LogP contribution < -0.4 is 4.74 Å². The zero-order chi connectivity index (χ0) is 20.3. The predicted molar refractivity (Wildman–Crippen MR) is 119 cm³/mol. The van der Waals surface area contributed by atoms with Crippen LogP contribution in [-0.4, -0.2) is 39.7 Å². The second-order valence-electron chi connectivity index (χ2n) is 7.96. The van der Waals surface area contributed by atoms with E-state index in [1.165, 1.54) is 11.1 Å². The molecule has 5 heteroatoms. The van der Waals surface area contributed by atoms with E-state index in [1.807, 2.05) is 22.7 Å². The van der Waals surface area contributed by atoms with Gasteiger partial charge in [-0.25, -0.2) is 9.50 Å². The Morgan fingerprint density at radius 3 is 2.40 bits per heavy atom. The standard InChI is InChI=1S/C25H26N4O/c1-30-23-10-7-19(8-11-23)17-28-15-13-21(14-16-28)25-26-24-12-9-22(18-29(24)27-25)20-5-3-2-4-6-20/h2-12,18,21H,13-17H2,1H3. The highest BCUT2D eigenvalue weighted by Gasteiger charge is 2.24. The van der Waals surface area contributed by atoms with Crippen molar-refractivity contribution in [1.29, 1.82) is 0 Å². The van der Waals surface area contributed by atoms with Crippen molar-refractivity contribution in [2.45, 2.75) is 25.3 Å². The highest BCUT2D eigenvalue weighted by molar-refractivity contribution is 5.64. The summed E-state index contributed by atoms with van der Waals surface area (Å²) >= 11 is 0. The number of likely N-dealkylation sites (tertiary alicyclic amines) is 1. The van der Waals surface area contributed by atoms with Crippen molar-refractivity contribution in [2.24, 2.45) is 0 Å². The largest absolute Gasteiger partial charge is 0.497 e. The topological polar surface area (TPSA) is 42.7 Å². The molecule has 1 aliphatic rings. The molecule has 1 aliphatic heterocycles. The zero-order valence-corrected chi connectivity index (χ0v) is 17.2. The highest BCUT2D eigenvalue weighted by atomic mass is 16.5. The number of nitrogens with zero attached hydrogens (tertiary/aromatic N) is 4. The first kappa shape index (κ1) is 18.8. The maximum Gasteiger partial charge on any atom is 0.155 e. The van der Waals surface area contributed by atoms with Gasteiger partial charge in [-0.1, -0.05) is 42.5 Å². The van der Waals surface area contributed by atoms with E-state index in [4.69, 9.17) is 14.8 Å². The summed E-state index contributed by atoms with van der Waals surface area (Å²) in [5.74, 6) is 2.31. The van der Waals surface area contributed by atoms with E-state index in [-0.39, 0.29) is 0 Å². The molecule has 1 saturated heterocycles. The highest BCUT2D eigenvalue weighted by Crippen LogP contribution is 2.28. The number of piperidine rings is 1. The number of aromatic nitrogens is 3. The summed E-state index contributed by atoms with van der Waals surface area (Å²) in [5.41, 5.74) is 4.61. The Kier molecular flexibility index (Phi) is 5.20. The third-order valence-electron chi connectivity index (χ3n) is 5.97. The van der Waals surface area contributed by atoms with E-state index >= 15 is 0 Å². The second kappa shape index (κ2) is 8.28. The van der Waals surface area contributed by atoms with Crippen molar-refractivity contribution in [3.63, 3.8) is 0 Å². The third kappa shape index (κ3) is 3.94. The zero-order valence-electron chi connectivity index (χ0n) is 17.2. The minimum atomic E-state index is 0.428. The van der Waals surface area contributed by atoms with Crippen LogP contribution in [0.5, 0.6) is 5.75 Å². The van der Waals surface area contributed by atoms with Gasteiger partial charge in [0.25, 0.3) is 0 Å². The van der Waals surface area contributed by atoms with Crippen LogP contribution in [0.4, 0.5) is 0 Å². The van der Waals surface area contributed by atoms with Gasteiger partial charge in [0.1, 0.15) is 5.75 Å². The van der Waals surface area contributed by atoms with Gasteiger partial charge >= 0.3 is 0 Å². The van der Waals surface area contributed by atoms with Crippen molar-refractivity contribution in [3.8, 4) is 16.9 Å². The van der Waals surface area contributed by atoms with Crippen molar-refractivity contribution >= 4 is 5.65 Å². The first-order valence-corrected chi connectivity index (χ1v) is 10.6. The van der Waals surface area contributed by atoms with Gasteiger partial charge in [0, 0.05) is 24.2 Å². The van der Waals surface area contributed by atoms with Crippen LogP contribution in [0.1, 0.15) is 30.1 Å². The summed E-state index contributed by atoms with van der Waals surface area (Å²) < 4.78 is 7.18. The van der Waals surface area contributed by atoms with Crippen LogP contribution in [0, 0.1) is 0 Å². The van der Waals surface area contributed by atoms with Crippen LogP contribution in [-0.2, 0) is 6.54 Å². The fraction of sp³-hybridized carbons (Fsp3) is 0.280. The van der Waals surface area contributed by atoms with Gasteiger partial charge < -0.3 is 4.74 Å². The molecular formula is C25H26N4O. The molecule has 1 fully saturated rings. The SMILES string of the molecule is COc1ccc(CN2CCC(c3nc4ccc(-c5ccccc5)cn4n3)CC2)cc1. The first-order chi connectivity index (χ1) is 14.8. The Balaban J connectivity index is 1.25. The summed E-state index contributed by atoms with van der Waals surface area (Å²) in [6.07, 6.45) is 4.27. The monoisotopic (exact) mass is 398 g/mol. The fourth-order valence-electron chi connectivity index (χ4n) is 4.21. The van der Waals surface area contributed by atoms with Crippen LogP contribution in [0.15, 0.2) is 72.9 Å². The molecule has 0 saturated carbocycles. The lowest BCUT2D eigenvalue weighted by Gasteiger charge is -2.30. The van der Waals surface area contributed by atoms with Crippen LogP contribution in [0.2, 0.25) is 0 Å². The molecule has 0 atom stereocenters. The number of pyridine rings is 1. The predicted octanol–water partition coefficient (Wildman–Crippen LogP) is 4.78. The molecule has 5 rings (SSSR count). The summed E-state index contributed by atoms with van der Waals surface area (Å²) in [5, 5.41) is 4.82. The molecule has 3 heterocycles. The number of fused-ring (bicyclic) bond motifs is 1. The van der Waals surface area contributed by atoms with Crippen molar-refractivity contribution in [3.05, 3.63) is 84.3 Å². The van der Waals surface area contributed by atoms with Crippen LogP contribution in [0.3, 0.4) is 0 Å².